The lowest BCUT2D eigenvalue weighted by atomic mass is 9.99. The van der Waals surface area contributed by atoms with Crippen molar-refractivity contribution in [3.8, 4) is 0 Å². The molecule has 0 aromatic carbocycles. The summed E-state index contributed by atoms with van der Waals surface area (Å²) in [5, 5.41) is 54.7. The normalized spacial score (nSPS) is 22.7. The van der Waals surface area contributed by atoms with Gasteiger partial charge in [0.2, 0.25) is 5.91 Å². The van der Waals surface area contributed by atoms with Crippen molar-refractivity contribution in [2.24, 2.45) is 0 Å². The van der Waals surface area contributed by atoms with Crippen LogP contribution in [0.2, 0.25) is 0 Å². The molecule has 0 saturated carbocycles. The van der Waals surface area contributed by atoms with Gasteiger partial charge in [-0.3, -0.25) is 9.35 Å². The summed E-state index contributed by atoms with van der Waals surface area (Å²) in [7, 11) is -5.11. The highest BCUT2D eigenvalue weighted by Gasteiger charge is 2.48. The van der Waals surface area contributed by atoms with Crippen LogP contribution >= 0.6 is 0 Å². The fourth-order valence-corrected chi connectivity index (χ4v) is 6.69. The summed E-state index contributed by atoms with van der Waals surface area (Å²) in [5.74, 6) is -0.723. The molecule has 54 heavy (non-hydrogen) atoms. The third-order valence-electron chi connectivity index (χ3n) is 9.48. The van der Waals surface area contributed by atoms with Crippen molar-refractivity contribution in [3.63, 3.8) is 0 Å². The lowest BCUT2D eigenvalue weighted by Crippen LogP contribution is -2.61. The SMILES string of the molecule is CCC/C=C/CC/C=C/C(O)C(COC1OC(CO)C(O)C(OS(=O)(=O)O)C1O)NC(=O)C(O)CCCCCCCC/C=C\CCCCCCCCCC. The van der Waals surface area contributed by atoms with E-state index in [9.17, 15) is 38.7 Å². The van der Waals surface area contributed by atoms with E-state index in [0.29, 0.717) is 12.8 Å². The molecule has 1 aliphatic rings. The first-order valence-electron chi connectivity index (χ1n) is 20.5. The predicted molar refractivity (Wildman–Crippen MR) is 210 cm³/mol. The Balaban J connectivity index is 2.55. The first-order chi connectivity index (χ1) is 25.9. The molecule has 1 saturated heterocycles. The maximum atomic E-state index is 13.0. The van der Waals surface area contributed by atoms with Gasteiger partial charge in [0, 0.05) is 0 Å². The summed E-state index contributed by atoms with van der Waals surface area (Å²) < 4.78 is 47.2. The van der Waals surface area contributed by atoms with Crippen LogP contribution in [0.5, 0.6) is 0 Å². The molecular weight excluding hydrogens is 719 g/mol. The largest absolute Gasteiger partial charge is 0.397 e. The number of allylic oxidation sites excluding steroid dienone is 5. The van der Waals surface area contributed by atoms with Crippen molar-refractivity contribution in [2.45, 2.75) is 198 Å². The predicted octanol–water partition coefficient (Wildman–Crippen LogP) is 5.74. The molecule has 0 aromatic heterocycles. The average Bonchev–Trinajstić information content (AvgIpc) is 3.14. The number of rotatable bonds is 33. The molecule has 0 radical (unpaired) electrons. The zero-order valence-corrected chi connectivity index (χ0v) is 33.7. The summed E-state index contributed by atoms with van der Waals surface area (Å²) in [4.78, 5) is 13.0. The number of unbranched alkanes of at least 4 members (excludes halogenated alkanes) is 16. The third-order valence-corrected chi connectivity index (χ3v) is 9.95. The highest BCUT2D eigenvalue weighted by atomic mass is 32.3. The summed E-state index contributed by atoms with van der Waals surface area (Å²) >= 11 is 0. The second kappa shape index (κ2) is 31.4. The molecule has 0 bridgehead atoms. The summed E-state index contributed by atoms with van der Waals surface area (Å²) in [6.45, 7) is 3.04. The first-order valence-corrected chi connectivity index (χ1v) is 21.8. The number of aliphatic hydroxyl groups excluding tert-OH is 5. The van der Waals surface area contributed by atoms with Crippen LogP contribution in [0.3, 0.4) is 0 Å². The number of ether oxygens (including phenoxy) is 2. The van der Waals surface area contributed by atoms with Crippen molar-refractivity contribution < 1.29 is 57.0 Å². The molecule has 316 valence electrons. The molecule has 1 amide bonds. The van der Waals surface area contributed by atoms with Crippen molar-refractivity contribution in [1.82, 2.24) is 5.32 Å². The van der Waals surface area contributed by atoms with Crippen LogP contribution in [-0.2, 0) is 28.9 Å². The average molecular weight is 792 g/mol. The van der Waals surface area contributed by atoms with E-state index in [1.807, 2.05) is 6.08 Å². The van der Waals surface area contributed by atoms with Gasteiger partial charge in [-0.2, -0.15) is 8.42 Å². The number of carbonyl (C=O) groups excluding carboxylic acids is 1. The van der Waals surface area contributed by atoms with Crippen LogP contribution in [0.1, 0.15) is 149 Å². The van der Waals surface area contributed by atoms with Gasteiger partial charge < -0.3 is 40.3 Å². The number of hydrogen-bond acceptors (Lipinski definition) is 11. The molecule has 13 nitrogen and oxygen atoms in total. The molecule has 1 aliphatic heterocycles. The van der Waals surface area contributed by atoms with E-state index in [4.69, 9.17) is 14.0 Å². The quantitative estimate of drug-likeness (QED) is 0.0241. The summed E-state index contributed by atoms with van der Waals surface area (Å²) in [6, 6.07) is -1.13. The fraction of sp³-hybridized carbons (Fsp3) is 0.825. The fourth-order valence-electron chi connectivity index (χ4n) is 6.18. The standard InChI is InChI=1S/C40H73NO12S/c1-3-5-7-9-11-12-13-14-15-16-17-18-19-20-21-23-25-27-29-34(44)39(47)41-32(33(43)28-26-24-22-10-8-6-4-2)31-51-40-37(46)38(53-54(48,49)50)36(45)35(30-42)52-40/h8,10,16-17,26,28,32-38,40,42-46H,3-7,9,11-15,18-25,27,29-31H2,1-2H3,(H,41,47)(H,48,49,50)/b10-8+,17-16-,28-26+. The topological polar surface area (TPSA) is 212 Å². The van der Waals surface area contributed by atoms with Crippen LogP contribution in [-0.4, -0.2) is 107 Å². The molecule has 0 spiro atoms. The molecule has 14 heteroatoms. The Morgan fingerprint density at radius 1 is 0.741 bits per heavy atom. The minimum absolute atomic E-state index is 0.228. The summed E-state index contributed by atoms with van der Waals surface area (Å²) in [6.07, 6.45) is 22.9. The molecule has 0 aliphatic carbocycles. The second-order valence-electron chi connectivity index (χ2n) is 14.3. The maximum Gasteiger partial charge on any atom is 0.397 e. The Labute approximate surface area is 325 Å². The van der Waals surface area contributed by atoms with Crippen molar-refractivity contribution in [3.05, 3.63) is 36.5 Å². The number of amides is 1. The van der Waals surface area contributed by atoms with Crippen molar-refractivity contribution >= 4 is 16.3 Å². The van der Waals surface area contributed by atoms with E-state index in [2.05, 4.69) is 41.6 Å². The van der Waals surface area contributed by atoms with Gasteiger partial charge in [0.1, 0.15) is 30.5 Å². The molecule has 1 rings (SSSR count). The number of aliphatic hydroxyl groups is 5. The van der Waals surface area contributed by atoms with Crippen LogP contribution in [0.15, 0.2) is 36.5 Å². The lowest BCUT2D eigenvalue weighted by Gasteiger charge is -2.41. The second-order valence-corrected chi connectivity index (χ2v) is 15.4. The van der Waals surface area contributed by atoms with Gasteiger partial charge in [-0.15, -0.1) is 0 Å². The number of carbonyl (C=O) groups is 1. The molecule has 8 unspecified atom stereocenters. The highest BCUT2D eigenvalue weighted by Crippen LogP contribution is 2.26. The van der Waals surface area contributed by atoms with Gasteiger partial charge in [-0.25, -0.2) is 4.18 Å². The zero-order valence-electron chi connectivity index (χ0n) is 32.9. The number of hydrogen-bond donors (Lipinski definition) is 7. The van der Waals surface area contributed by atoms with Crippen LogP contribution < -0.4 is 5.32 Å². The molecule has 1 heterocycles. The van der Waals surface area contributed by atoms with Crippen LogP contribution in [0.25, 0.3) is 0 Å². The smallest absolute Gasteiger partial charge is 0.394 e. The monoisotopic (exact) mass is 791 g/mol. The minimum Gasteiger partial charge on any atom is -0.394 e. The van der Waals surface area contributed by atoms with Crippen LogP contribution in [0, 0.1) is 0 Å². The van der Waals surface area contributed by atoms with E-state index in [1.165, 1.54) is 57.4 Å². The minimum atomic E-state index is -5.11. The Morgan fingerprint density at radius 2 is 1.28 bits per heavy atom. The highest BCUT2D eigenvalue weighted by molar-refractivity contribution is 7.80. The lowest BCUT2D eigenvalue weighted by molar-refractivity contribution is -0.298. The molecular formula is C40H73NO12S. The molecule has 0 aromatic rings. The summed E-state index contributed by atoms with van der Waals surface area (Å²) in [5.41, 5.74) is 0. The van der Waals surface area contributed by atoms with Gasteiger partial charge in [0.15, 0.2) is 6.29 Å². The number of nitrogens with one attached hydrogen (secondary N) is 1. The molecule has 8 atom stereocenters. The Kier molecular flexibility index (Phi) is 29.2. The van der Waals surface area contributed by atoms with Gasteiger partial charge in [-0.05, 0) is 51.4 Å². The molecule has 7 N–H and O–H groups in total. The third kappa shape index (κ3) is 24.0. The van der Waals surface area contributed by atoms with Crippen molar-refractivity contribution in [2.75, 3.05) is 13.2 Å². The van der Waals surface area contributed by atoms with E-state index < -0.39 is 78.5 Å². The first kappa shape index (κ1) is 50.3. The van der Waals surface area contributed by atoms with Crippen LogP contribution in [0.4, 0.5) is 0 Å². The maximum absolute atomic E-state index is 13.0. The Bertz CT molecular complexity index is 1130. The van der Waals surface area contributed by atoms with Gasteiger partial charge in [0.25, 0.3) is 0 Å². The Hall–Kier alpha value is -1.72. The van der Waals surface area contributed by atoms with Gasteiger partial charge in [-0.1, -0.05) is 134 Å². The van der Waals surface area contributed by atoms with Crippen molar-refractivity contribution in [1.29, 1.82) is 0 Å². The Morgan fingerprint density at radius 3 is 1.85 bits per heavy atom. The van der Waals surface area contributed by atoms with Gasteiger partial charge >= 0.3 is 10.4 Å². The zero-order chi connectivity index (χ0) is 40.0. The van der Waals surface area contributed by atoms with E-state index in [-0.39, 0.29) is 6.42 Å². The van der Waals surface area contributed by atoms with E-state index in [1.54, 1.807) is 6.08 Å². The van der Waals surface area contributed by atoms with Gasteiger partial charge in [0.05, 0.1) is 25.4 Å². The van der Waals surface area contributed by atoms with E-state index in [0.717, 1.165) is 64.2 Å². The molecule has 1 fully saturated rings. The van der Waals surface area contributed by atoms with E-state index >= 15 is 0 Å².